The van der Waals surface area contributed by atoms with Crippen molar-refractivity contribution in [2.45, 2.75) is 33.3 Å². The average Bonchev–Trinajstić information content (AvgIpc) is 3.28. The van der Waals surface area contributed by atoms with Gasteiger partial charge < -0.3 is 14.5 Å². The van der Waals surface area contributed by atoms with Crippen molar-refractivity contribution in [3.05, 3.63) is 63.9 Å². The smallest absolute Gasteiger partial charge is 0.225 e. The molecule has 0 atom stereocenters. The van der Waals surface area contributed by atoms with Crippen molar-refractivity contribution in [1.82, 2.24) is 10.3 Å². The van der Waals surface area contributed by atoms with Crippen LogP contribution in [0.5, 0.6) is 0 Å². The Bertz CT molecular complexity index is 854. The molecule has 0 aliphatic carbocycles. The van der Waals surface area contributed by atoms with Gasteiger partial charge in [-0.15, -0.1) is 11.3 Å². The number of rotatable bonds is 9. The van der Waals surface area contributed by atoms with E-state index in [0.29, 0.717) is 26.2 Å². The van der Waals surface area contributed by atoms with E-state index in [1.807, 2.05) is 19.1 Å². The van der Waals surface area contributed by atoms with Gasteiger partial charge in [-0.2, -0.15) is 0 Å². The number of thiazole rings is 1. The van der Waals surface area contributed by atoms with Crippen molar-refractivity contribution >= 4 is 17.2 Å². The first kappa shape index (κ1) is 19.3. The zero-order valence-corrected chi connectivity index (χ0v) is 16.5. The largest absolute Gasteiger partial charge is 0.467 e. The highest BCUT2D eigenvalue weighted by Crippen LogP contribution is 2.28. The summed E-state index contributed by atoms with van der Waals surface area (Å²) in [5.74, 6) is 0.821. The number of ether oxygens (including phenoxy) is 1. The number of furan rings is 1. The maximum Gasteiger partial charge on any atom is 0.225 e. The van der Waals surface area contributed by atoms with Gasteiger partial charge in [0.2, 0.25) is 5.91 Å². The second kappa shape index (κ2) is 9.48. The van der Waals surface area contributed by atoms with Crippen LogP contribution in [0.2, 0.25) is 0 Å². The summed E-state index contributed by atoms with van der Waals surface area (Å²) in [7, 11) is 0. The highest BCUT2D eigenvalue weighted by atomic mass is 32.1. The third-order valence-corrected chi connectivity index (χ3v) is 5.03. The number of hydrogen-bond acceptors (Lipinski definition) is 5. The number of nitrogens with zero attached hydrogens (tertiary/aromatic N) is 1. The van der Waals surface area contributed by atoms with Crippen molar-refractivity contribution in [2.24, 2.45) is 0 Å². The summed E-state index contributed by atoms with van der Waals surface area (Å²) in [6.45, 7) is 5.66. The Morgan fingerprint density at radius 1 is 1.22 bits per heavy atom. The van der Waals surface area contributed by atoms with Crippen LogP contribution < -0.4 is 5.32 Å². The number of benzene rings is 1. The Labute approximate surface area is 163 Å². The number of carbonyl (C=O) groups excluding carboxylic acids is 1. The van der Waals surface area contributed by atoms with Gasteiger partial charge in [-0.25, -0.2) is 4.98 Å². The SMILES string of the molecule is Cc1ccc(-c2nc(C)sc2CC(=O)NCCCOCc2ccco2)cc1. The predicted octanol–water partition coefficient (Wildman–Crippen LogP) is 4.29. The Morgan fingerprint density at radius 3 is 2.78 bits per heavy atom. The lowest BCUT2D eigenvalue weighted by Gasteiger charge is -2.06. The van der Waals surface area contributed by atoms with Crippen molar-refractivity contribution in [2.75, 3.05) is 13.2 Å². The normalized spacial score (nSPS) is 10.9. The van der Waals surface area contributed by atoms with Gasteiger partial charge in [0.25, 0.3) is 0 Å². The first-order chi connectivity index (χ1) is 13.1. The van der Waals surface area contributed by atoms with E-state index in [9.17, 15) is 4.79 Å². The van der Waals surface area contributed by atoms with Crippen molar-refractivity contribution in [3.63, 3.8) is 0 Å². The standard InChI is InChI=1S/C21H24N2O3S/c1-15-6-8-17(9-7-15)21-19(27-16(2)23-21)13-20(24)22-10-4-11-25-14-18-5-3-12-26-18/h3,5-9,12H,4,10-11,13-14H2,1-2H3,(H,22,24). The molecule has 0 unspecified atom stereocenters. The second-order valence-electron chi connectivity index (χ2n) is 6.38. The topological polar surface area (TPSA) is 64.4 Å². The third kappa shape index (κ3) is 5.77. The molecule has 2 heterocycles. The van der Waals surface area contributed by atoms with E-state index in [1.54, 1.807) is 17.6 Å². The molecule has 1 aromatic carbocycles. The summed E-state index contributed by atoms with van der Waals surface area (Å²) in [6, 6.07) is 12.0. The molecule has 6 heteroatoms. The molecule has 2 aromatic heterocycles. The number of nitrogens with one attached hydrogen (secondary N) is 1. The number of hydrogen-bond donors (Lipinski definition) is 1. The molecule has 0 bridgehead atoms. The van der Waals surface area contributed by atoms with E-state index in [0.717, 1.165) is 33.3 Å². The van der Waals surface area contributed by atoms with Gasteiger partial charge in [0.15, 0.2) is 0 Å². The van der Waals surface area contributed by atoms with E-state index < -0.39 is 0 Å². The number of amides is 1. The maximum atomic E-state index is 12.3. The van der Waals surface area contributed by atoms with Crippen LogP contribution >= 0.6 is 11.3 Å². The van der Waals surface area contributed by atoms with Gasteiger partial charge in [-0.3, -0.25) is 4.79 Å². The van der Waals surface area contributed by atoms with E-state index in [2.05, 4.69) is 41.5 Å². The lowest BCUT2D eigenvalue weighted by Crippen LogP contribution is -2.26. The Morgan fingerprint density at radius 2 is 2.04 bits per heavy atom. The minimum Gasteiger partial charge on any atom is -0.467 e. The molecule has 3 aromatic rings. The lowest BCUT2D eigenvalue weighted by molar-refractivity contribution is -0.120. The summed E-state index contributed by atoms with van der Waals surface area (Å²) in [4.78, 5) is 17.9. The number of aromatic nitrogens is 1. The molecule has 3 rings (SSSR count). The molecule has 27 heavy (non-hydrogen) atoms. The van der Waals surface area contributed by atoms with Crippen molar-refractivity contribution < 1.29 is 13.9 Å². The molecule has 142 valence electrons. The van der Waals surface area contributed by atoms with Crippen LogP contribution in [0.4, 0.5) is 0 Å². The summed E-state index contributed by atoms with van der Waals surface area (Å²) in [6.07, 6.45) is 2.74. The molecular formula is C21H24N2O3S. The minimum absolute atomic E-state index is 0.0121. The quantitative estimate of drug-likeness (QED) is 0.559. The molecule has 0 fully saturated rings. The molecule has 0 spiro atoms. The summed E-state index contributed by atoms with van der Waals surface area (Å²) >= 11 is 1.58. The highest BCUT2D eigenvalue weighted by Gasteiger charge is 2.14. The molecule has 1 N–H and O–H groups in total. The molecule has 0 aliphatic heterocycles. The Balaban J connectivity index is 1.44. The van der Waals surface area contributed by atoms with Crippen LogP contribution in [0, 0.1) is 13.8 Å². The fourth-order valence-corrected chi connectivity index (χ4v) is 3.66. The molecule has 1 amide bonds. The maximum absolute atomic E-state index is 12.3. The number of carbonyl (C=O) groups is 1. The van der Waals surface area contributed by atoms with Gasteiger partial charge >= 0.3 is 0 Å². The summed E-state index contributed by atoms with van der Waals surface area (Å²) in [5, 5.41) is 3.93. The first-order valence-corrected chi connectivity index (χ1v) is 9.83. The van der Waals surface area contributed by atoms with Crippen LogP contribution in [-0.2, 0) is 22.6 Å². The minimum atomic E-state index is 0.0121. The van der Waals surface area contributed by atoms with Gasteiger partial charge in [-0.1, -0.05) is 29.8 Å². The highest BCUT2D eigenvalue weighted by molar-refractivity contribution is 7.12. The molecule has 5 nitrogen and oxygen atoms in total. The second-order valence-corrected chi connectivity index (χ2v) is 7.67. The van der Waals surface area contributed by atoms with E-state index in [4.69, 9.17) is 9.15 Å². The van der Waals surface area contributed by atoms with Crippen LogP contribution in [0.3, 0.4) is 0 Å². The monoisotopic (exact) mass is 384 g/mol. The van der Waals surface area contributed by atoms with Crippen molar-refractivity contribution in [3.8, 4) is 11.3 Å². The van der Waals surface area contributed by atoms with Crippen LogP contribution in [0.25, 0.3) is 11.3 Å². The van der Waals surface area contributed by atoms with Gasteiger partial charge in [0, 0.05) is 23.6 Å². The number of aryl methyl sites for hydroxylation is 2. The fraction of sp³-hybridized carbons (Fsp3) is 0.333. The predicted molar refractivity (Wildman–Crippen MR) is 107 cm³/mol. The Hall–Kier alpha value is -2.44. The van der Waals surface area contributed by atoms with Crippen LogP contribution in [-0.4, -0.2) is 24.0 Å². The molecule has 0 aliphatic rings. The first-order valence-electron chi connectivity index (χ1n) is 9.02. The summed E-state index contributed by atoms with van der Waals surface area (Å²) < 4.78 is 10.7. The van der Waals surface area contributed by atoms with Gasteiger partial charge in [0.05, 0.1) is 23.4 Å². The van der Waals surface area contributed by atoms with E-state index >= 15 is 0 Å². The zero-order valence-electron chi connectivity index (χ0n) is 15.7. The van der Waals surface area contributed by atoms with Crippen molar-refractivity contribution in [1.29, 1.82) is 0 Å². The molecular weight excluding hydrogens is 360 g/mol. The third-order valence-electron chi connectivity index (χ3n) is 4.06. The molecule has 0 radical (unpaired) electrons. The van der Waals surface area contributed by atoms with Gasteiger partial charge in [-0.05, 0) is 32.4 Å². The van der Waals surface area contributed by atoms with Crippen LogP contribution in [0.15, 0.2) is 47.1 Å². The van der Waals surface area contributed by atoms with Gasteiger partial charge in [0.1, 0.15) is 12.4 Å². The lowest BCUT2D eigenvalue weighted by atomic mass is 10.1. The Kier molecular flexibility index (Phi) is 6.79. The van der Waals surface area contributed by atoms with E-state index in [1.165, 1.54) is 5.56 Å². The fourth-order valence-electron chi connectivity index (χ4n) is 2.70. The zero-order chi connectivity index (χ0) is 19.1. The molecule has 0 saturated carbocycles. The van der Waals surface area contributed by atoms with Crippen LogP contribution in [0.1, 0.15) is 27.6 Å². The average molecular weight is 385 g/mol. The molecule has 0 saturated heterocycles. The van der Waals surface area contributed by atoms with E-state index in [-0.39, 0.29) is 5.91 Å². The summed E-state index contributed by atoms with van der Waals surface area (Å²) in [5.41, 5.74) is 3.17.